The van der Waals surface area contributed by atoms with Crippen LogP contribution in [-0.2, 0) is 13.6 Å². The maximum Gasteiger partial charge on any atom is 0.138 e. The average molecular weight is 374 g/mol. The SMILES string of the molecule is Cc1ncn(-c2ccc(C(C)NCc3c(C)c4ccccc4n3C)cn2)c1C. The first-order chi connectivity index (χ1) is 13.5. The summed E-state index contributed by atoms with van der Waals surface area (Å²) in [7, 11) is 2.14. The number of aromatic nitrogens is 4. The Hall–Kier alpha value is -2.92. The summed E-state index contributed by atoms with van der Waals surface area (Å²) in [4.78, 5) is 9.00. The molecule has 0 amide bonds. The van der Waals surface area contributed by atoms with Crippen LogP contribution in [0, 0.1) is 20.8 Å². The van der Waals surface area contributed by atoms with Crippen LogP contribution in [0.2, 0.25) is 0 Å². The number of aryl methyl sites for hydroxylation is 3. The molecule has 5 nitrogen and oxygen atoms in total. The summed E-state index contributed by atoms with van der Waals surface area (Å²) in [6, 6.07) is 13.0. The van der Waals surface area contributed by atoms with Crippen LogP contribution < -0.4 is 5.32 Å². The first-order valence-corrected chi connectivity index (χ1v) is 9.70. The minimum Gasteiger partial charge on any atom is -0.346 e. The van der Waals surface area contributed by atoms with E-state index >= 15 is 0 Å². The summed E-state index contributed by atoms with van der Waals surface area (Å²) < 4.78 is 4.31. The molecule has 4 rings (SSSR count). The number of imidazole rings is 1. The van der Waals surface area contributed by atoms with E-state index in [0.29, 0.717) is 0 Å². The lowest BCUT2D eigenvalue weighted by Crippen LogP contribution is -2.20. The molecule has 0 saturated carbocycles. The van der Waals surface area contributed by atoms with Gasteiger partial charge in [0.25, 0.3) is 0 Å². The molecular weight excluding hydrogens is 346 g/mol. The van der Waals surface area contributed by atoms with E-state index < -0.39 is 0 Å². The quantitative estimate of drug-likeness (QED) is 0.559. The number of nitrogens with zero attached hydrogens (tertiary/aromatic N) is 4. The summed E-state index contributed by atoms with van der Waals surface area (Å²) in [5.41, 5.74) is 7.28. The van der Waals surface area contributed by atoms with Crippen molar-refractivity contribution in [2.24, 2.45) is 7.05 Å². The zero-order chi connectivity index (χ0) is 19.8. The summed E-state index contributed by atoms with van der Waals surface area (Å²) in [6.45, 7) is 9.28. The highest BCUT2D eigenvalue weighted by Gasteiger charge is 2.13. The van der Waals surface area contributed by atoms with Gasteiger partial charge in [-0.15, -0.1) is 0 Å². The lowest BCUT2D eigenvalue weighted by Gasteiger charge is -2.16. The second kappa shape index (κ2) is 7.24. The van der Waals surface area contributed by atoms with Gasteiger partial charge in [0.2, 0.25) is 0 Å². The molecule has 3 aromatic heterocycles. The molecule has 1 aromatic carbocycles. The standard InChI is InChI=1S/C23H27N5/c1-15-20-8-6-7-9-21(20)27(5)22(15)13-24-17(3)19-10-11-23(25-12-19)28-14-26-16(2)18(28)4/h6-12,14,17,24H,13H2,1-5H3. The van der Waals surface area contributed by atoms with Gasteiger partial charge in [-0.3, -0.25) is 4.57 Å². The van der Waals surface area contributed by atoms with Crippen LogP contribution in [0.1, 0.15) is 41.2 Å². The third-order valence-corrected chi connectivity index (χ3v) is 5.85. The van der Waals surface area contributed by atoms with Gasteiger partial charge in [-0.25, -0.2) is 9.97 Å². The van der Waals surface area contributed by atoms with Crippen LogP contribution in [0.4, 0.5) is 0 Å². The fourth-order valence-electron chi connectivity index (χ4n) is 3.78. The van der Waals surface area contributed by atoms with Crippen molar-refractivity contribution >= 4 is 10.9 Å². The van der Waals surface area contributed by atoms with Gasteiger partial charge in [-0.2, -0.15) is 0 Å². The van der Waals surface area contributed by atoms with E-state index in [1.54, 1.807) is 0 Å². The highest BCUT2D eigenvalue weighted by atomic mass is 15.1. The average Bonchev–Trinajstić information content (AvgIpc) is 3.17. The van der Waals surface area contributed by atoms with Crippen LogP contribution >= 0.6 is 0 Å². The number of para-hydroxylation sites is 1. The Kier molecular flexibility index (Phi) is 4.77. The molecule has 0 radical (unpaired) electrons. The monoisotopic (exact) mass is 373 g/mol. The number of hydrogen-bond donors (Lipinski definition) is 1. The van der Waals surface area contributed by atoms with Crippen LogP contribution in [-0.4, -0.2) is 19.1 Å². The zero-order valence-corrected chi connectivity index (χ0v) is 17.2. The smallest absolute Gasteiger partial charge is 0.138 e. The van der Waals surface area contributed by atoms with Crippen molar-refractivity contribution in [2.75, 3.05) is 0 Å². The zero-order valence-electron chi connectivity index (χ0n) is 17.2. The summed E-state index contributed by atoms with van der Waals surface area (Å²) in [6.07, 6.45) is 3.79. The summed E-state index contributed by atoms with van der Waals surface area (Å²) in [5, 5.41) is 4.98. The second-order valence-electron chi connectivity index (χ2n) is 7.49. The number of benzene rings is 1. The molecule has 4 aromatic rings. The van der Waals surface area contributed by atoms with Gasteiger partial charge in [0, 0.05) is 48.1 Å². The minimum absolute atomic E-state index is 0.213. The molecule has 144 valence electrons. The van der Waals surface area contributed by atoms with Crippen molar-refractivity contribution in [2.45, 2.75) is 40.3 Å². The largest absolute Gasteiger partial charge is 0.346 e. The number of rotatable bonds is 5. The van der Waals surface area contributed by atoms with Gasteiger partial charge in [0.15, 0.2) is 0 Å². The van der Waals surface area contributed by atoms with E-state index in [0.717, 1.165) is 23.8 Å². The Labute approximate surface area is 166 Å². The maximum atomic E-state index is 4.65. The Morgan fingerprint density at radius 1 is 1.04 bits per heavy atom. The summed E-state index contributed by atoms with van der Waals surface area (Å²) >= 11 is 0. The number of fused-ring (bicyclic) bond motifs is 1. The molecule has 5 heteroatoms. The van der Waals surface area contributed by atoms with E-state index in [1.165, 1.54) is 27.7 Å². The number of nitrogens with one attached hydrogen (secondary N) is 1. The van der Waals surface area contributed by atoms with Crippen LogP contribution in [0.25, 0.3) is 16.7 Å². The normalized spacial score (nSPS) is 12.6. The third-order valence-electron chi connectivity index (χ3n) is 5.85. The number of hydrogen-bond acceptors (Lipinski definition) is 3. The van der Waals surface area contributed by atoms with Gasteiger partial charge in [0.05, 0.1) is 5.69 Å². The highest BCUT2D eigenvalue weighted by molar-refractivity contribution is 5.85. The van der Waals surface area contributed by atoms with Gasteiger partial charge in [0.1, 0.15) is 12.1 Å². The van der Waals surface area contributed by atoms with E-state index in [2.05, 4.69) is 84.1 Å². The minimum atomic E-state index is 0.213. The molecule has 1 atom stereocenters. The molecule has 1 unspecified atom stereocenters. The van der Waals surface area contributed by atoms with E-state index in [-0.39, 0.29) is 6.04 Å². The maximum absolute atomic E-state index is 4.65. The first-order valence-electron chi connectivity index (χ1n) is 9.70. The Balaban J connectivity index is 1.50. The first kappa shape index (κ1) is 18.4. The molecule has 0 saturated heterocycles. The van der Waals surface area contributed by atoms with Crippen LogP contribution in [0.15, 0.2) is 48.9 Å². The molecule has 28 heavy (non-hydrogen) atoms. The molecule has 0 aliphatic rings. The molecule has 0 fully saturated rings. The van der Waals surface area contributed by atoms with Gasteiger partial charge >= 0.3 is 0 Å². The molecular formula is C23H27N5. The number of pyridine rings is 1. The van der Waals surface area contributed by atoms with Crippen LogP contribution in [0.3, 0.4) is 0 Å². The van der Waals surface area contributed by atoms with Gasteiger partial charge < -0.3 is 9.88 Å². The molecule has 3 heterocycles. The summed E-state index contributed by atoms with van der Waals surface area (Å²) in [5.74, 6) is 0.901. The fraction of sp³-hybridized carbons (Fsp3) is 0.304. The second-order valence-corrected chi connectivity index (χ2v) is 7.49. The third kappa shape index (κ3) is 3.12. The molecule has 0 aliphatic carbocycles. The van der Waals surface area contributed by atoms with Gasteiger partial charge in [-0.05, 0) is 51.0 Å². The van der Waals surface area contributed by atoms with Gasteiger partial charge in [-0.1, -0.05) is 24.3 Å². The lowest BCUT2D eigenvalue weighted by molar-refractivity contribution is 0.556. The van der Waals surface area contributed by atoms with Crippen molar-refractivity contribution in [3.63, 3.8) is 0 Å². The van der Waals surface area contributed by atoms with E-state index in [1.807, 2.05) is 24.0 Å². The Morgan fingerprint density at radius 2 is 1.82 bits per heavy atom. The van der Waals surface area contributed by atoms with E-state index in [9.17, 15) is 0 Å². The van der Waals surface area contributed by atoms with Crippen LogP contribution in [0.5, 0.6) is 0 Å². The predicted octanol–water partition coefficient (Wildman–Crippen LogP) is 4.54. The fourth-order valence-corrected chi connectivity index (χ4v) is 3.78. The molecule has 1 N–H and O–H groups in total. The Bertz CT molecular complexity index is 1080. The predicted molar refractivity (Wildman–Crippen MR) is 114 cm³/mol. The van der Waals surface area contributed by atoms with Crippen molar-refractivity contribution in [1.82, 2.24) is 24.4 Å². The van der Waals surface area contributed by atoms with Crippen molar-refractivity contribution < 1.29 is 0 Å². The lowest BCUT2D eigenvalue weighted by atomic mass is 10.1. The van der Waals surface area contributed by atoms with E-state index in [4.69, 9.17) is 0 Å². The van der Waals surface area contributed by atoms with Crippen molar-refractivity contribution in [3.05, 3.63) is 77.1 Å². The van der Waals surface area contributed by atoms with Crippen molar-refractivity contribution in [1.29, 1.82) is 0 Å². The highest BCUT2D eigenvalue weighted by Crippen LogP contribution is 2.25. The molecule has 0 bridgehead atoms. The molecule has 0 spiro atoms. The Morgan fingerprint density at radius 3 is 2.46 bits per heavy atom. The topological polar surface area (TPSA) is 47.7 Å². The molecule has 0 aliphatic heterocycles. The van der Waals surface area contributed by atoms with Crippen molar-refractivity contribution in [3.8, 4) is 5.82 Å².